The molecule has 0 saturated heterocycles. The minimum atomic E-state index is -2.51. The van der Waals surface area contributed by atoms with E-state index < -0.39 is 70.4 Å². The minimum Gasteiger partial charge on any atom is -0.454 e. The first-order valence-corrected chi connectivity index (χ1v) is 44.2. The number of para-hydroxylation sites is 7. The Labute approximate surface area is 784 Å². The number of furan rings is 5. The van der Waals surface area contributed by atoms with Crippen LogP contribution < -0.4 is 49.0 Å². The third-order valence-electron chi connectivity index (χ3n) is 26.2. The Bertz CT molecular complexity index is 7880. The molecule has 14 heterocycles. The Morgan fingerprint density at radius 1 is 0.252 bits per heavy atom. The van der Waals surface area contributed by atoms with Crippen LogP contribution in [0.3, 0.4) is 0 Å². The van der Waals surface area contributed by atoms with Crippen molar-refractivity contribution in [2.24, 2.45) is 0 Å². The maximum absolute atomic E-state index is 8.81. The summed E-state index contributed by atoms with van der Waals surface area (Å²) < 4.78 is 154. The van der Waals surface area contributed by atoms with Gasteiger partial charge in [0.05, 0.1) is 66.7 Å². The highest BCUT2D eigenvalue weighted by molar-refractivity contribution is 6.16. The summed E-state index contributed by atoms with van der Waals surface area (Å²) in [6, 6.07) is 78.7. The molecule has 0 radical (unpaired) electrons. The van der Waals surface area contributed by atoms with Gasteiger partial charge in [-0.3, -0.25) is 0 Å². The van der Waals surface area contributed by atoms with Crippen molar-refractivity contribution in [3.63, 3.8) is 0 Å². The first-order chi connectivity index (χ1) is 69.4. The van der Waals surface area contributed by atoms with E-state index in [1.807, 2.05) is 272 Å². The van der Waals surface area contributed by atoms with Crippen molar-refractivity contribution in [1.29, 1.82) is 0 Å². The molecule has 25 rings (SSSR count). The third kappa shape index (κ3) is 13.3. The van der Waals surface area contributed by atoms with Gasteiger partial charge in [-0.05, 0) is 229 Å². The monoisotopic (exact) mass is 1740 g/mol. The van der Waals surface area contributed by atoms with Gasteiger partial charge in [-0.15, -0.1) is 0 Å². The van der Waals surface area contributed by atoms with Crippen LogP contribution in [0.1, 0.15) is 124 Å². The lowest BCUT2D eigenvalue weighted by atomic mass is 10.1. The molecule has 0 bridgehead atoms. The first kappa shape index (κ1) is 67.3. The molecule has 2 unspecified atom stereocenters. The first-order valence-electron chi connectivity index (χ1n) is 51.7. The van der Waals surface area contributed by atoms with Crippen LogP contribution in [0.15, 0.2) is 302 Å². The van der Waals surface area contributed by atoms with Crippen LogP contribution in [0.5, 0.6) is 0 Å². The van der Waals surface area contributed by atoms with Crippen LogP contribution >= 0.6 is 0 Å². The van der Waals surface area contributed by atoms with Crippen LogP contribution in [0.4, 0.5) is 85.8 Å². The van der Waals surface area contributed by atoms with Gasteiger partial charge in [0, 0.05) is 127 Å². The number of benzene rings is 11. The molecule has 0 aliphatic carbocycles. The van der Waals surface area contributed by atoms with Crippen molar-refractivity contribution >= 4 is 196 Å². The second-order valence-electron chi connectivity index (χ2n) is 34.4. The molecular formula is C112H108N14O5. The summed E-state index contributed by atoms with van der Waals surface area (Å²) in [5.41, 5.74) is 22.2. The number of hydrogen-bond donors (Lipinski definition) is 0. The van der Waals surface area contributed by atoms with Gasteiger partial charge in [0.15, 0.2) is 51.2 Å². The molecule has 0 fully saturated rings. The Hall–Kier alpha value is -15.0. The summed E-state index contributed by atoms with van der Waals surface area (Å²) >= 11 is 0. The number of nitrogens with zero attached hydrogens (tertiary/aromatic N) is 14. The van der Waals surface area contributed by atoms with Gasteiger partial charge >= 0.3 is 0 Å². The number of pyridine rings is 4. The van der Waals surface area contributed by atoms with Crippen LogP contribution in [0, 0.1) is 34.6 Å². The van der Waals surface area contributed by atoms with Gasteiger partial charge in [0.25, 0.3) is 0 Å². The molecule has 19 nitrogen and oxygen atoms in total. The van der Waals surface area contributed by atoms with Gasteiger partial charge in [-0.2, -0.15) is 0 Å². The van der Waals surface area contributed by atoms with E-state index in [4.69, 9.17) is 47.6 Å². The lowest BCUT2D eigenvalue weighted by Crippen LogP contribution is -2.42. The zero-order chi connectivity index (χ0) is 103. The van der Waals surface area contributed by atoms with Crippen molar-refractivity contribution in [2.45, 2.75) is 160 Å². The Morgan fingerprint density at radius 2 is 0.511 bits per heavy atom. The molecule has 0 saturated carbocycles. The summed E-state index contributed by atoms with van der Waals surface area (Å²) in [7, 11) is 0. The number of aryl methyl sites for hydroxylation is 5. The molecule has 0 spiro atoms. The van der Waals surface area contributed by atoms with Crippen LogP contribution in [0.25, 0.3) is 110 Å². The zero-order valence-corrected chi connectivity index (χ0v) is 75.2. The molecule has 656 valence electrons. The summed E-state index contributed by atoms with van der Waals surface area (Å²) in [5, 5.41) is 10.4. The van der Waals surface area contributed by atoms with Gasteiger partial charge in [-0.25, -0.2) is 19.9 Å². The minimum absolute atomic E-state index is 0.0603. The van der Waals surface area contributed by atoms with Crippen LogP contribution in [0.2, 0.25) is 0 Å². The largest absolute Gasteiger partial charge is 0.454 e. The highest BCUT2D eigenvalue weighted by atomic mass is 16.3. The van der Waals surface area contributed by atoms with Gasteiger partial charge in [0.2, 0.25) is 0 Å². The summed E-state index contributed by atoms with van der Waals surface area (Å²) in [4.78, 5) is 36.8. The van der Waals surface area contributed by atoms with Gasteiger partial charge in [0.1, 0.15) is 58.7 Å². The quantitative estimate of drug-likeness (QED) is 0.142. The van der Waals surface area contributed by atoms with E-state index in [1.54, 1.807) is 46.6 Å². The van der Waals surface area contributed by atoms with E-state index in [-0.39, 0.29) is 6.17 Å². The summed E-state index contributed by atoms with van der Waals surface area (Å²) in [6.07, 6.45) is 5.04. The van der Waals surface area contributed by atoms with E-state index in [9.17, 15) is 0 Å². The molecule has 11 aromatic carbocycles. The molecule has 0 N–H and O–H groups in total. The van der Waals surface area contributed by atoms with Crippen LogP contribution in [-0.4, -0.2) is 82.8 Å². The highest BCUT2D eigenvalue weighted by Gasteiger charge is 2.43. The SMILES string of the molecule is [2H]C(C)(C)N1c2cccnc2N(c2c(C)ccc3c2oc2ccccc23)[C@H]1C.[2H]C([2H])([2H])C([2H])(C)N1c2ccccc2N(c2c(C)ccc3c2oc2ccccc23)[C@H]1C.[2H]C([2H])([2H])C([2H])(C)N1c2cccnc2N(c2c(C)ccc3c2oc2ccccc23)[C@H]1C.[2H]C([2H])([2H])N1c2cccnc2N(c2c(C)ccc3c2oc2ccccc23)[C@H]1C.[2H]C([2H])([2H])N1c2ncccc2N(c2c(C)ccc3c2oc2ccccc23)[C@H]1C. The molecule has 7 atom stereocenters. The lowest BCUT2D eigenvalue weighted by Gasteiger charge is -2.33. The fourth-order valence-electron chi connectivity index (χ4n) is 20.3. The molecule has 19 heteroatoms. The smallest absolute Gasteiger partial charge is 0.159 e. The van der Waals surface area contributed by atoms with E-state index >= 15 is 0 Å². The number of rotatable bonds is 8. The molecule has 5 aliphatic rings. The average Bonchev–Trinajstić information content (AvgIpc) is 1.59. The maximum atomic E-state index is 8.81. The number of hydrogen-bond acceptors (Lipinski definition) is 19. The number of anilines is 15. The Balaban J connectivity index is 0.000000107. The van der Waals surface area contributed by atoms with Crippen molar-refractivity contribution in [3.05, 3.63) is 307 Å². The lowest BCUT2D eigenvalue weighted by molar-refractivity contribution is 0.602. The normalized spacial score (nSPS) is 19.8. The second kappa shape index (κ2) is 32.6. The van der Waals surface area contributed by atoms with E-state index in [0.717, 1.165) is 195 Å². The predicted molar refractivity (Wildman–Crippen MR) is 543 cm³/mol. The topological polar surface area (TPSA) is 150 Å². The maximum Gasteiger partial charge on any atom is 0.159 e. The summed E-state index contributed by atoms with van der Waals surface area (Å²) in [6.45, 7) is 17.1. The van der Waals surface area contributed by atoms with Crippen molar-refractivity contribution in [1.82, 2.24) is 19.9 Å². The van der Waals surface area contributed by atoms with E-state index in [0.29, 0.717) is 28.8 Å². The van der Waals surface area contributed by atoms with E-state index in [2.05, 4.69) is 98.1 Å². The van der Waals surface area contributed by atoms with Gasteiger partial charge in [-0.1, -0.05) is 164 Å². The molecule has 20 aromatic rings. The van der Waals surface area contributed by atoms with Gasteiger partial charge < -0.3 is 71.1 Å². The second-order valence-corrected chi connectivity index (χ2v) is 34.4. The predicted octanol–water partition coefficient (Wildman–Crippen LogP) is 29.1. The zero-order valence-electron chi connectivity index (χ0n) is 90.2. The average molecular weight is 1750 g/mol. The van der Waals surface area contributed by atoms with Crippen molar-refractivity contribution in [3.8, 4) is 0 Å². The van der Waals surface area contributed by atoms with Crippen molar-refractivity contribution < 1.29 is 42.6 Å². The van der Waals surface area contributed by atoms with E-state index in [1.165, 1.54) is 23.6 Å². The third-order valence-corrected chi connectivity index (χ3v) is 26.2. The Kier molecular flexibility index (Phi) is 16.8. The number of aromatic nitrogens is 4. The molecule has 0 amide bonds. The fourth-order valence-corrected chi connectivity index (χ4v) is 20.3. The van der Waals surface area contributed by atoms with Crippen LogP contribution in [-0.2, 0) is 0 Å². The summed E-state index contributed by atoms with van der Waals surface area (Å²) in [5.74, 6) is 2.57. The molecular weight excluding hydrogens is 1620 g/mol. The molecule has 9 aromatic heterocycles. The standard InChI is InChI=1S/C24H24N2O.2C23H23N3O.2C21H19N3O/c1-15(2)25-17(4)26(21-11-7-6-10-20(21)25)23-16(3)13-14-19-18-9-5-8-12-22(18)27-24(19)23;2*1-14(2)25-16(4)26(23-19(25)9-7-13-24-23)21-15(3)11-12-18-17-8-5-6-10-20(17)27-22(18)21;1-13-10-11-16-15-7-4-5-9-18(15)25-20(16)19(13)24-14(2)23(3)21-17(24)8-6-12-22-21;1-13-10-11-16-15-7-4-5-9-18(15)25-20(16)19(13)24-14(2)23(3)17-8-6-12-22-21(17)24/h5-15,17H,1-4H3;2*5-14,16H,1-4H3;2*4-12,14H,1-3H3/t17-;2*16-;2*14-/m00000/s1/i1D3,15D;1D3,14D;14D;2*3D3/t15?,17-;14?,16-;3m. The number of fused-ring (bicyclic) bond motifs is 20. The fraction of sp³-hybridized carbons (Fsp3) is 0.232. The Morgan fingerprint density at radius 3 is 0.863 bits per heavy atom. The van der Waals surface area contributed by atoms with Crippen molar-refractivity contribution in [2.75, 3.05) is 63.0 Å². The molecule has 131 heavy (non-hydrogen) atoms. The molecule has 5 aliphatic heterocycles. The highest BCUT2D eigenvalue weighted by Crippen LogP contribution is 2.55.